The van der Waals surface area contributed by atoms with Crippen molar-refractivity contribution in [2.24, 2.45) is 0 Å². The van der Waals surface area contributed by atoms with Crippen molar-refractivity contribution >= 4 is 43.4 Å². The van der Waals surface area contributed by atoms with E-state index in [1.54, 1.807) is 11.4 Å². The number of hydrogen-bond donors (Lipinski definition) is 3. The van der Waals surface area contributed by atoms with Crippen LogP contribution in [0.1, 0.15) is 15.9 Å². The average Bonchev–Trinajstić information content (AvgIpc) is 2.93. The highest BCUT2D eigenvalue weighted by atomic mass is 79.9. The maximum absolute atomic E-state index is 12.2. The van der Waals surface area contributed by atoms with E-state index >= 15 is 0 Å². The van der Waals surface area contributed by atoms with Crippen LogP contribution in [0.4, 0.5) is 0 Å². The highest BCUT2D eigenvalue weighted by Crippen LogP contribution is 2.29. The summed E-state index contributed by atoms with van der Waals surface area (Å²) in [5, 5.41) is 14.5. The van der Waals surface area contributed by atoms with Gasteiger partial charge in [0.05, 0.1) is 10.2 Å². The minimum Gasteiger partial charge on any atom is -0.505 e. The predicted octanol–water partition coefficient (Wildman–Crippen LogP) is 2.99. The van der Waals surface area contributed by atoms with E-state index in [0.717, 1.165) is 10.0 Å². The lowest BCUT2D eigenvalue weighted by atomic mass is 10.2. The van der Waals surface area contributed by atoms with Crippen molar-refractivity contribution in [2.75, 3.05) is 0 Å². The van der Waals surface area contributed by atoms with Gasteiger partial charge in [0, 0.05) is 11.0 Å². The number of carbonyl (C=O) groups is 1. The number of thiophene rings is 1. The summed E-state index contributed by atoms with van der Waals surface area (Å²) in [5.74, 6) is -0.880. The number of fused-ring (bicyclic) bond motifs is 1. The number of aromatic nitrogens is 1. The van der Waals surface area contributed by atoms with E-state index in [-0.39, 0.29) is 17.9 Å². The number of carbonyl (C=O) groups excluding carboxylic acids is 1. The van der Waals surface area contributed by atoms with Crippen molar-refractivity contribution in [3.8, 4) is 5.75 Å². The first-order valence-corrected chi connectivity index (χ1v) is 8.08. The van der Waals surface area contributed by atoms with Crippen molar-refractivity contribution in [1.29, 1.82) is 0 Å². The highest BCUT2D eigenvalue weighted by Gasteiger charge is 2.19. The van der Waals surface area contributed by atoms with Gasteiger partial charge in [0.15, 0.2) is 5.75 Å². The minimum absolute atomic E-state index is 0.259. The molecule has 0 saturated carbocycles. The first-order chi connectivity index (χ1) is 10.6. The molecule has 7 heteroatoms. The fourth-order valence-corrected chi connectivity index (χ4v) is 3.37. The number of benzene rings is 1. The summed E-state index contributed by atoms with van der Waals surface area (Å²) < 4.78 is 1.40. The lowest BCUT2D eigenvalue weighted by Crippen LogP contribution is -2.29. The third kappa shape index (κ3) is 2.77. The Balaban J connectivity index is 1.87. The number of halogens is 1. The fraction of sp³-hybridized carbons (Fsp3) is 0.0667. The molecule has 0 unspecified atom stereocenters. The number of aromatic amines is 1. The summed E-state index contributed by atoms with van der Waals surface area (Å²) in [6.07, 6.45) is 0. The van der Waals surface area contributed by atoms with E-state index in [9.17, 15) is 14.7 Å². The van der Waals surface area contributed by atoms with Crippen LogP contribution in [0.25, 0.3) is 10.2 Å². The third-order valence-corrected chi connectivity index (χ3v) is 4.58. The normalized spacial score (nSPS) is 10.8. The third-order valence-electron chi connectivity index (χ3n) is 3.16. The van der Waals surface area contributed by atoms with Crippen LogP contribution in [0.3, 0.4) is 0 Å². The Labute approximate surface area is 137 Å². The summed E-state index contributed by atoms with van der Waals surface area (Å²) in [6.45, 7) is 0.264. The van der Waals surface area contributed by atoms with E-state index in [2.05, 4.69) is 26.2 Å². The molecule has 0 aliphatic heterocycles. The Hall–Kier alpha value is -2.12. The molecule has 0 saturated heterocycles. The van der Waals surface area contributed by atoms with Gasteiger partial charge >= 0.3 is 0 Å². The standard InChI is InChI=1S/C15H11BrN2O3S/c16-9-3-1-2-8(6-9)7-17-14(20)11-12(19)13-10(4-5-22-13)18-15(11)21/h1-6H,7H2,(H,17,20)(H2,18,19,21). The quantitative estimate of drug-likeness (QED) is 0.654. The van der Waals surface area contributed by atoms with Gasteiger partial charge < -0.3 is 15.4 Å². The van der Waals surface area contributed by atoms with Crippen LogP contribution in [0.2, 0.25) is 0 Å². The zero-order valence-electron chi connectivity index (χ0n) is 11.2. The number of pyridine rings is 1. The van der Waals surface area contributed by atoms with E-state index in [0.29, 0.717) is 10.2 Å². The van der Waals surface area contributed by atoms with Gasteiger partial charge in [0.25, 0.3) is 11.5 Å². The average molecular weight is 379 g/mol. The lowest BCUT2D eigenvalue weighted by Gasteiger charge is -2.07. The highest BCUT2D eigenvalue weighted by molar-refractivity contribution is 9.10. The molecule has 1 aromatic carbocycles. The molecule has 2 heterocycles. The van der Waals surface area contributed by atoms with Crippen molar-refractivity contribution in [2.45, 2.75) is 6.54 Å². The van der Waals surface area contributed by atoms with Crippen LogP contribution >= 0.6 is 27.3 Å². The number of hydrogen-bond acceptors (Lipinski definition) is 4. The molecule has 0 radical (unpaired) electrons. The van der Waals surface area contributed by atoms with Crippen molar-refractivity contribution in [1.82, 2.24) is 10.3 Å². The zero-order chi connectivity index (χ0) is 15.7. The molecule has 3 rings (SSSR count). The fourth-order valence-electron chi connectivity index (χ4n) is 2.13. The maximum atomic E-state index is 12.2. The smallest absolute Gasteiger partial charge is 0.265 e. The molecule has 0 aliphatic rings. The molecule has 3 aromatic rings. The second kappa shape index (κ2) is 5.94. The van der Waals surface area contributed by atoms with Crippen molar-refractivity contribution in [3.05, 3.63) is 61.7 Å². The molecule has 1 amide bonds. The van der Waals surface area contributed by atoms with Gasteiger partial charge in [-0.1, -0.05) is 28.1 Å². The molecule has 2 aromatic heterocycles. The largest absolute Gasteiger partial charge is 0.505 e. The Bertz CT molecular complexity index is 917. The Morgan fingerprint density at radius 1 is 1.36 bits per heavy atom. The second-order valence-electron chi connectivity index (χ2n) is 4.65. The van der Waals surface area contributed by atoms with Crippen LogP contribution in [-0.2, 0) is 6.54 Å². The number of H-pyrrole nitrogens is 1. The van der Waals surface area contributed by atoms with Gasteiger partial charge in [-0.3, -0.25) is 9.59 Å². The minimum atomic E-state index is -0.603. The molecule has 3 N–H and O–H groups in total. The molecule has 0 aliphatic carbocycles. The molecular formula is C15H11BrN2O3S. The monoisotopic (exact) mass is 378 g/mol. The molecule has 0 bridgehead atoms. The molecule has 0 atom stereocenters. The Morgan fingerprint density at radius 2 is 2.18 bits per heavy atom. The SMILES string of the molecule is O=C(NCc1cccc(Br)c1)c1c(O)c2sccc2[nH]c1=O. The molecule has 5 nitrogen and oxygen atoms in total. The molecule has 0 spiro atoms. The second-order valence-corrected chi connectivity index (χ2v) is 6.49. The maximum Gasteiger partial charge on any atom is 0.265 e. The zero-order valence-corrected chi connectivity index (χ0v) is 13.6. The van der Waals surface area contributed by atoms with Crippen molar-refractivity contribution in [3.63, 3.8) is 0 Å². The number of amides is 1. The van der Waals surface area contributed by atoms with Crippen LogP contribution < -0.4 is 10.9 Å². The van der Waals surface area contributed by atoms with Gasteiger partial charge in [0.2, 0.25) is 0 Å². The van der Waals surface area contributed by atoms with Gasteiger partial charge in [0.1, 0.15) is 5.56 Å². The van der Waals surface area contributed by atoms with E-state index in [1.807, 2.05) is 24.3 Å². The van der Waals surface area contributed by atoms with Gasteiger partial charge in [-0.25, -0.2) is 0 Å². The van der Waals surface area contributed by atoms with E-state index in [1.165, 1.54) is 11.3 Å². The van der Waals surface area contributed by atoms with Crippen LogP contribution in [-0.4, -0.2) is 16.0 Å². The topological polar surface area (TPSA) is 82.2 Å². The molecule has 0 fully saturated rings. The van der Waals surface area contributed by atoms with Gasteiger partial charge in [-0.05, 0) is 29.1 Å². The Morgan fingerprint density at radius 3 is 2.95 bits per heavy atom. The summed E-state index contributed by atoms with van der Waals surface area (Å²) in [5.41, 5.74) is 0.548. The summed E-state index contributed by atoms with van der Waals surface area (Å²) >= 11 is 4.62. The summed E-state index contributed by atoms with van der Waals surface area (Å²) in [7, 11) is 0. The number of nitrogens with one attached hydrogen (secondary N) is 2. The van der Waals surface area contributed by atoms with Gasteiger partial charge in [-0.15, -0.1) is 11.3 Å². The summed E-state index contributed by atoms with van der Waals surface area (Å²) in [6, 6.07) is 9.15. The van der Waals surface area contributed by atoms with E-state index in [4.69, 9.17) is 0 Å². The van der Waals surface area contributed by atoms with Crippen LogP contribution in [0.5, 0.6) is 5.75 Å². The first-order valence-electron chi connectivity index (χ1n) is 6.41. The summed E-state index contributed by atoms with van der Waals surface area (Å²) in [4.78, 5) is 26.8. The number of rotatable bonds is 3. The number of aromatic hydroxyl groups is 1. The van der Waals surface area contributed by atoms with Crippen LogP contribution in [0, 0.1) is 0 Å². The first kappa shape index (κ1) is 14.8. The van der Waals surface area contributed by atoms with E-state index < -0.39 is 11.5 Å². The predicted molar refractivity (Wildman–Crippen MR) is 89.4 cm³/mol. The Kier molecular flexibility index (Phi) is 4.00. The van der Waals surface area contributed by atoms with Gasteiger partial charge in [-0.2, -0.15) is 0 Å². The molecule has 22 heavy (non-hydrogen) atoms. The van der Waals surface area contributed by atoms with Crippen LogP contribution in [0.15, 0.2) is 45.0 Å². The molecular weight excluding hydrogens is 368 g/mol. The van der Waals surface area contributed by atoms with Crippen molar-refractivity contribution < 1.29 is 9.90 Å². The molecule has 112 valence electrons. The lowest BCUT2D eigenvalue weighted by molar-refractivity contribution is 0.0947.